The van der Waals surface area contributed by atoms with Gasteiger partial charge in [0, 0.05) is 10.6 Å². The van der Waals surface area contributed by atoms with Crippen LogP contribution in [0.5, 0.6) is 0 Å². The van der Waals surface area contributed by atoms with E-state index >= 15 is 0 Å². The third-order valence-corrected chi connectivity index (χ3v) is 3.21. The second kappa shape index (κ2) is 6.24. The molecular formula is C13H8Cl3NO2. The number of rotatable bonds is 3. The minimum atomic E-state index is -0.646. The number of benzene rings is 1. The largest absolute Gasteiger partial charge is 0.456 e. The van der Waals surface area contributed by atoms with E-state index in [9.17, 15) is 4.79 Å². The van der Waals surface area contributed by atoms with Crippen molar-refractivity contribution in [3.05, 3.63) is 62.9 Å². The van der Waals surface area contributed by atoms with Crippen molar-refractivity contribution < 1.29 is 9.53 Å². The minimum absolute atomic E-state index is 0.0128. The van der Waals surface area contributed by atoms with Crippen molar-refractivity contribution in [3.8, 4) is 0 Å². The van der Waals surface area contributed by atoms with Crippen LogP contribution in [0.2, 0.25) is 15.2 Å². The van der Waals surface area contributed by atoms with Gasteiger partial charge in [-0.25, -0.2) is 9.78 Å². The summed E-state index contributed by atoms with van der Waals surface area (Å²) >= 11 is 17.5. The maximum absolute atomic E-state index is 11.8. The summed E-state index contributed by atoms with van der Waals surface area (Å²) in [6, 6.07) is 10.1. The van der Waals surface area contributed by atoms with Crippen molar-refractivity contribution in [1.29, 1.82) is 0 Å². The first-order valence-corrected chi connectivity index (χ1v) is 6.44. The Labute approximate surface area is 125 Å². The van der Waals surface area contributed by atoms with Crippen LogP contribution in [-0.4, -0.2) is 11.0 Å². The number of carbonyl (C=O) groups is 1. The quantitative estimate of drug-likeness (QED) is 0.622. The van der Waals surface area contributed by atoms with Gasteiger partial charge < -0.3 is 4.74 Å². The lowest BCUT2D eigenvalue weighted by atomic mass is 10.2. The Balaban J connectivity index is 2.10. The van der Waals surface area contributed by atoms with Crippen LogP contribution in [0, 0.1) is 0 Å². The van der Waals surface area contributed by atoms with Gasteiger partial charge in [0.25, 0.3) is 0 Å². The summed E-state index contributed by atoms with van der Waals surface area (Å²) < 4.78 is 5.10. The number of hydrogen-bond acceptors (Lipinski definition) is 3. The number of pyridine rings is 1. The zero-order valence-electron chi connectivity index (χ0n) is 9.57. The fourth-order valence-electron chi connectivity index (χ4n) is 1.39. The predicted molar refractivity (Wildman–Crippen MR) is 74.8 cm³/mol. The molecule has 1 heterocycles. The first-order chi connectivity index (χ1) is 9.08. The smallest absolute Gasteiger partial charge is 0.358 e. The van der Waals surface area contributed by atoms with Crippen molar-refractivity contribution in [3.63, 3.8) is 0 Å². The fraction of sp³-hybridized carbons (Fsp3) is 0.0769. The van der Waals surface area contributed by atoms with Crippen LogP contribution in [0.15, 0.2) is 36.4 Å². The van der Waals surface area contributed by atoms with E-state index in [1.165, 1.54) is 12.1 Å². The van der Waals surface area contributed by atoms with E-state index in [0.717, 1.165) is 0 Å². The van der Waals surface area contributed by atoms with Gasteiger partial charge in [-0.1, -0.05) is 53.0 Å². The summed E-state index contributed by atoms with van der Waals surface area (Å²) in [7, 11) is 0. The van der Waals surface area contributed by atoms with Gasteiger partial charge in [0.1, 0.15) is 11.8 Å². The molecule has 2 rings (SSSR count). The van der Waals surface area contributed by atoms with Gasteiger partial charge >= 0.3 is 5.97 Å². The summed E-state index contributed by atoms with van der Waals surface area (Å²) in [4.78, 5) is 15.7. The molecule has 0 N–H and O–H groups in total. The van der Waals surface area contributed by atoms with E-state index < -0.39 is 5.97 Å². The Morgan fingerprint density at radius 2 is 1.79 bits per heavy atom. The van der Waals surface area contributed by atoms with Crippen LogP contribution in [0.1, 0.15) is 16.1 Å². The monoisotopic (exact) mass is 315 g/mol. The molecule has 0 unspecified atom stereocenters. The molecule has 1 aromatic heterocycles. The van der Waals surface area contributed by atoms with E-state index in [1.54, 1.807) is 24.3 Å². The fourth-order valence-corrected chi connectivity index (χ4v) is 1.91. The Morgan fingerprint density at radius 3 is 2.53 bits per heavy atom. The number of ether oxygens (including phenoxy) is 1. The zero-order chi connectivity index (χ0) is 13.8. The first-order valence-electron chi connectivity index (χ1n) is 5.30. The molecule has 3 nitrogen and oxygen atoms in total. The van der Waals surface area contributed by atoms with Crippen molar-refractivity contribution in [2.75, 3.05) is 0 Å². The molecule has 0 aliphatic heterocycles. The molecule has 0 amide bonds. The standard InChI is InChI=1S/C13H8Cl3NO2/c14-9-4-2-1-3-8(9)7-19-13(18)12-10(15)5-6-11(16)17-12/h1-6H,7H2. The number of carbonyl (C=O) groups excluding carboxylic acids is 1. The molecule has 98 valence electrons. The molecule has 0 saturated heterocycles. The third-order valence-electron chi connectivity index (χ3n) is 2.32. The highest BCUT2D eigenvalue weighted by Crippen LogP contribution is 2.20. The Bertz CT molecular complexity index is 617. The summed E-state index contributed by atoms with van der Waals surface area (Å²) in [5.74, 6) is -0.646. The van der Waals surface area contributed by atoms with Crippen LogP contribution in [0.25, 0.3) is 0 Å². The highest BCUT2D eigenvalue weighted by Gasteiger charge is 2.15. The molecule has 6 heteroatoms. The maximum atomic E-state index is 11.8. The molecular weight excluding hydrogens is 309 g/mol. The van der Waals surface area contributed by atoms with Crippen LogP contribution >= 0.6 is 34.8 Å². The minimum Gasteiger partial charge on any atom is -0.456 e. The molecule has 0 spiro atoms. The molecule has 2 aromatic rings. The molecule has 0 atom stereocenters. The van der Waals surface area contributed by atoms with Crippen LogP contribution in [0.3, 0.4) is 0 Å². The number of aromatic nitrogens is 1. The first kappa shape index (κ1) is 14.1. The van der Waals surface area contributed by atoms with Gasteiger partial charge in [0.15, 0.2) is 5.69 Å². The van der Waals surface area contributed by atoms with Gasteiger partial charge in [-0.3, -0.25) is 0 Å². The average Bonchev–Trinajstić information content (AvgIpc) is 2.40. The predicted octanol–water partition coefficient (Wildman–Crippen LogP) is 4.40. The summed E-state index contributed by atoms with van der Waals surface area (Å²) in [5, 5.41) is 0.892. The number of hydrogen-bond donors (Lipinski definition) is 0. The van der Waals surface area contributed by atoms with Gasteiger partial charge in [0.2, 0.25) is 0 Å². The normalized spacial score (nSPS) is 10.3. The number of halogens is 3. The summed E-state index contributed by atoms with van der Waals surface area (Å²) in [6.45, 7) is 0.0447. The van der Waals surface area contributed by atoms with E-state index in [-0.39, 0.29) is 22.5 Å². The SMILES string of the molecule is O=C(OCc1ccccc1Cl)c1nc(Cl)ccc1Cl. The van der Waals surface area contributed by atoms with Crippen LogP contribution in [0.4, 0.5) is 0 Å². The molecule has 1 aromatic carbocycles. The Hall–Kier alpha value is -1.29. The van der Waals surface area contributed by atoms with Crippen LogP contribution in [-0.2, 0) is 11.3 Å². The van der Waals surface area contributed by atoms with Gasteiger partial charge in [-0.05, 0) is 18.2 Å². The topological polar surface area (TPSA) is 39.2 Å². The molecule has 0 bridgehead atoms. The Morgan fingerprint density at radius 1 is 1.05 bits per heavy atom. The lowest BCUT2D eigenvalue weighted by Gasteiger charge is -2.07. The molecule has 19 heavy (non-hydrogen) atoms. The lowest BCUT2D eigenvalue weighted by Crippen LogP contribution is -2.08. The lowest BCUT2D eigenvalue weighted by molar-refractivity contribution is 0.0466. The Kier molecular flexibility index (Phi) is 4.64. The molecule has 0 aliphatic carbocycles. The maximum Gasteiger partial charge on any atom is 0.358 e. The van der Waals surface area contributed by atoms with E-state index in [1.807, 2.05) is 0 Å². The second-order valence-electron chi connectivity index (χ2n) is 3.63. The highest BCUT2D eigenvalue weighted by molar-refractivity contribution is 6.34. The third kappa shape index (κ3) is 3.60. The molecule has 0 saturated carbocycles. The van der Waals surface area contributed by atoms with Crippen molar-refractivity contribution in [2.45, 2.75) is 6.61 Å². The molecule has 0 aliphatic rings. The van der Waals surface area contributed by atoms with E-state index in [4.69, 9.17) is 39.5 Å². The van der Waals surface area contributed by atoms with Crippen molar-refractivity contribution in [2.24, 2.45) is 0 Å². The number of esters is 1. The molecule has 0 radical (unpaired) electrons. The van der Waals surface area contributed by atoms with E-state index in [0.29, 0.717) is 10.6 Å². The van der Waals surface area contributed by atoms with Gasteiger partial charge in [0.05, 0.1) is 5.02 Å². The average molecular weight is 317 g/mol. The second-order valence-corrected chi connectivity index (χ2v) is 4.83. The van der Waals surface area contributed by atoms with Gasteiger partial charge in [-0.15, -0.1) is 0 Å². The van der Waals surface area contributed by atoms with Crippen molar-refractivity contribution >= 4 is 40.8 Å². The van der Waals surface area contributed by atoms with Gasteiger partial charge in [-0.2, -0.15) is 0 Å². The summed E-state index contributed by atoms with van der Waals surface area (Å²) in [6.07, 6.45) is 0. The number of nitrogens with zero attached hydrogens (tertiary/aromatic N) is 1. The highest BCUT2D eigenvalue weighted by atomic mass is 35.5. The van der Waals surface area contributed by atoms with Crippen LogP contribution < -0.4 is 0 Å². The summed E-state index contributed by atoms with van der Waals surface area (Å²) in [5.41, 5.74) is 0.692. The zero-order valence-corrected chi connectivity index (χ0v) is 11.8. The van der Waals surface area contributed by atoms with Crippen molar-refractivity contribution in [1.82, 2.24) is 4.98 Å². The molecule has 0 fully saturated rings. The van der Waals surface area contributed by atoms with E-state index in [2.05, 4.69) is 4.98 Å².